The number of ether oxygens (including phenoxy) is 1. The zero-order valence-electron chi connectivity index (χ0n) is 15.2. The van der Waals surface area contributed by atoms with Gasteiger partial charge in [0.25, 0.3) is 0 Å². The molecule has 138 valence electrons. The summed E-state index contributed by atoms with van der Waals surface area (Å²) in [6.07, 6.45) is 14.2. The van der Waals surface area contributed by atoms with Crippen molar-refractivity contribution >= 4 is 27.7 Å². The number of pyridine rings is 1. The number of carbonyl (C=O) groups excluding carboxylic acids is 1. The van der Waals surface area contributed by atoms with E-state index in [-0.39, 0.29) is 5.97 Å². The van der Waals surface area contributed by atoms with Crippen molar-refractivity contribution in [2.75, 3.05) is 25.1 Å². The Kier molecular flexibility index (Phi) is 6.74. The molecule has 2 aliphatic rings. The van der Waals surface area contributed by atoms with Crippen LogP contribution in [0.15, 0.2) is 16.7 Å². The minimum absolute atomic E-state index is 0.316. The fourth-order valence-corrected chi connectivity index (χ4v) is 4.66. The maximum atomic E-state index is 12.1. The van der Waals surface area contributed by atoms with Gasteiger partial charge in [-0.3, -0.25) is 0 Å². The van der Waals surface area contributed by atoms with Crippen LogP contribution in [0.2, 0.25) is 0 Å². The van der Waals surface area contributed by atoms with Crippen molar-refractivity contribution in [1.82, 2.24) is 4.98 Å². The van der Waals surface area contributed by atoms with Crippen molar-refractivity contribution in [2.24, 2.45) is 11.8 Å². The van der Waals surface area contributed by atoms with Gasteiger partial charge in [0.05, 0.1) is 7.11 Å². The first-order valence-corrected chi connectivity index (χ1v) is 10.5. The summed E-state index contributed by atoms with van der Waals surface area (Å²) in [6, 6.07) is 1.81. The van der Waals surface area contributed by atoms with Crippen LogP contribution >= 0.6 is 15.9 Å². The van der Waals surface area contributed by atoms with Gasteiger partial charge >= 0.3 is 5.97 Å². The van der Waals surface area contributed by atoms with E-state index in [9.17, 15) is 4.79 Å². The summed E-state index contributed by atoms with van der Waals surface area (Å²) in [7, 11) is 1.42. The Balaban J connectivity index is 1.54. The predicted molar refractivity (Wildman–Crippen MR) is 104 cm³/mol. The number of anilines is 1. The molecule has 0 amide bonds. The van der Waals surface area contributed by atoms with Gasteiger partial charge in [-0.25, -0.2) is 9.78 Å². The fraction of sp³-hybridized carbons (Fsp3) is 0.700. The number of carbonyl (C=O) groups is 1. The number of hydrogen-bond acceptors (Lipinski definition) is 4. The highest BCUT2D eigenvalue weighted by Gasteiger charge is 2.25. The van der Waals surface area contributed by atoms with E-state index in [1.807, 2.05) is 6.07 Å². The summed E-state index contributed by atoms with van der Waals surface area (Å²) in [5.41, 5.74) is 0.553. The van der Waals surface area contributed by atoms with E-state index in [4.69, 9.17) is 4.74 Å². The first kappa shape index (κ1) is 18.7. The third-order valence-corrected chi connectivity index (χ3v) is 6.29. The molecule has 0 atom stereocenters. The van der Waals surface area contributed by atoms with E-state index in [0.29, 0.717) is 5.56 Å². The summed E-state index contributed by atoms with van der Waals surface area (Å²) in [5.74, 6) is 2.25. The monoisotopic (exact) mass is 408 g/mol. The van der Waals surface area contributed by atoms with Crippen molar-refractivity contribution in [3.63, 3.8) is 0 Å². The fourth-order valence-electron chi connectivity index (χ4n) is 4.32. The number of hydrogen-bond donors (Lipinski definition) is 0. The van der Waals surface area contributed by atoms with Crippen LogP contribution in [0, 0.1) is 11.8 Å². The standard InChI is InChI=1S/C20H29BrN2O2/c1-25-20(24)18-13-17(21)14-22-19(18)23-11-9-16(10-12-23)8-7-15-5-3-2-4-6-15/h13-16H,2-12H2,1H3. The third kappa shape index (κ3) is 4.96. The first-order valence-electron chi connectivity index (χ1n) is 9.66. The van der Waals surface area contributed by atoms with E-state index in [1.165, 1.54) is 64.9 Å². The van der Waals surface area contributed by atoms with Crippen LogP contribution in [0.25, 0.3) is 0 Å². The third-order valence-electron chi connectivity index (χ3n) is 5.86. The molecular formula is C20H29BrN2O2. The quantitative estimate of drug-likeness (QED) is 0.627. The molecule has 0 bridgehead atoms. The lowest BCUT2D eigenvalue weighted by Gasteiger charge is -2.34. The molecule has 1 aliphatic heterocycles. The second-order valence-electron chi connectivity index (χ2n) is 7.53. The van der Waals surface area contributed by atoms with Gasteiger partial charge in [-0.2, -0.15) is 0 Å². The molecule has 1 aliphatic carbocycles. The zero-order valence-corrected chi connectivity index (χ0v) is 16.8. The maximum absolute atomic E-state index is 12.1. The lowest BCUT2D eigenvalue weighted by molar-refractivity contribution is 0.0601. The van der Waals surface area contributed by atoms with Gasteiger partial charge < -0.3 is 9.64 Å². The summed E-state index contributed by atoms with van der Waals surface area (Å²) >= 11 is 3.40. The Bertz CT molecular complexity index is 579. The van der Waals surface area contributed by atoms with Crippen molar-refractivity contribution < 1.29 is 9.53 Å². The van der Waals surface area contributed by atoms with Gasteiger partial charge in [0.15, 0.2) is 0 Å². The highest BCUT2D eigenvalue weighted by molar-refractivity contribution is 9.10. The molecule has 0 spiro atoms. The van der Waals surface area contributed by atoms with Crippen LogP contribution in [-0.2, 0) is 4.74 Å². The molecule has 0 aromatic carbocycles. The average Bonchev–Trinajstić information content (AvgIpc) is 2.67. The molecule has 2 fully saturated rings. The molecule has 25 heavy (non-hydrogen) atoms. The van der Waals surface area contributed by atoms with Crippen LogP contribution in [0.4, 0.5) is 5.82 Å². The van der Waals surface area contributed by atoms with Gasteiger partial charge in [0.2, 0.25) is 0 Å². The molecule has 2 heterocycles. The van der Waals surface area contributed by atoms with Gasteiger partial charge in [-0.1, -0.05) is 44.9 Å². The lowest BCUT2D eigenvalue weighted by atomic mass is 9.82. The van der Waals surface area contributed by atoms with Crippen LogP contribution in [0.1, 0.15) is 68.1 Å². The molecule has 0 unspecified atom stereocenters. The SMILES string of the molecule is COC(=O)c1cc(Br)cnc1N1CCC(CCC2CCCCC2)CC1. The first-order chi connectivity index (χ1) is 12.2. The smallest absolute Gasteiger partial charge is 0.341 e. The van der Waals surface area contributed by atoms with Crippen LogP contribution in [-0.4, -0.2) is 31.2 Å². The van der Waals surface area contributed by atoms with Crippen LogP contribution in [0.5, 0.6) is 0 Å². The molecule has 1 aromatic heterocycles. The van der Waals surface area contributed by atoms with E-state index >= 15 is 0 Å². The summed E-state index contributed by atoms with van der Waals surface area (Å²) in [6.45, 7) is 1.96. The number of esters is 1. The van der Waals surface area contributed by atoms with Crippen LogP contribution in [0.3, 0.4) is 0 Å². The molecule has 1 saturated heterocycles. The molecule has 0 radical (unpaired) electrons. The highest BCUT2D eigenvalue weighted by Crippen LogP contribution is 2.32. The Morgan fingerprint density at radius 1 is 1.16 bits per heavy atom. The number of piperidine rings is 1. The second-order valence-corrected chi connectivity index (χ2v) is 8.44. The van der Waals surface area contributed by atoms with Crippen molar-refractivity contribution in [3.8, 4) is 0 Å². The molecular weight excluding hydrogens is 380 g/mol. The van der Waals surface area contributed by atoms with Crippen LogP contribution < -0.4 is 4.90 Å². The molecule has 5 heteroatoms. The number of nitrogens with zero attached hydrogens (tertiary/aromatic N) is 2. The largest absolute Gasteiger partial charge is 0.465 e. The Labute approximate surface area is 159 Å². The average molecular weight is 409 g/mol. The van der Waals surface area contributed by atoms with Gasteiger partial charge in [-0.05, 0) is 46.7 Å². The second kappa shape index (κ2) is 9.02. The van der Waals surface area contributed by atoms with Crippen molar-refractivity contribution in [2.45, 2.75) is 57.8 Å². The molecule has 3 rings (SSSR count). The number of rotatable bonds is 5. The van der Waals surface area contributed by atoms with E-state index in [0.717, 1.165) is 35.2 Å². The predicted octanol–water partition coefficient (Wildman–Crippen LogP) is 5.21. The lowest BCUT2D eigenvalue weighted by Crippen LogP contribution is -2.35. The van der Waals surface area contributed by atoms with E-state index < -0.39 is 0 Å². The summed E-state index contributed by atoms with van der Waals surface area (Å²) in [4.78, 5) is 18.8. The number of halogens is 1. The summed E-state index contributed by atoms with van der Waals surface area (Å²) in [5, 5.41) is 0. The molecule has 4 nitrogen and oxygen atoms in total. The number of methoxy groups -OCH3 is 1. The molecule has 1 aromatic rings. The zero-order chi connectivity index (χ0) is 17.6. The van der Waals surface area contributed by atoms with E-state index in [1.54, 1.807) is 6.20 Å². The maximum Gasteiger partial charge on any atom is 0.341 e. The highest BCUT2D eigenvalue weighted by atomic mass is 79.9. The topological polar surface area (TPSA) is 42.4 Å². The van der Waals surface area contributed by atoms with Crippen molar-refractivity contribution in [3.05, 3.63) is 22.3 Å². The van der Waals surface area contributed by atoms with Gasteiger partial charge in [-0.15, -0.1) is 0 Å². The minimum atomic E-state index is -0.316. The van der Waals surface area contributed by atoms with Gasteiger partial charge in [0.1, 0.15) is 11.4 Å². The van der Waals surface area contributed by atoms with Gasteiger partial charge in [0, 0.05) is 23.8 Å². The summed E-state index contributed by atoms with van der Waals surface area (Å²) < 4.78 is 5.73. The molecule has 0 N–H and O–H groups in total. The van der Waals surface area contributed by atoms with E-state index in [2.05, 4.69) is 25.8 Å². The Morgan fingerprint density at radius 3 is 2.44 bits per heavy atom. The molecule has 1 saturated carbocycles. The normalized spacial score (nSPS) is 19.8. The number of aromatic nitrogens is 1. The Hall–Kier alpha value is -1.10. The Morgan fingerprint density at radius 2 is 1.80 bits per heavy atom. The minimum Gasteiger partial charge on any atom is -0.465 e. The van der Waals surface area contributed by atoms with Crippen molar-refractivity contribution in [1.29, 1.82) is 0 Å².